The van der Waals surface area contributed by atoms with Crippen LogP contribution in [0, 0.1) is 0 Å². The van der Waals surface area contributed by atoms with Crippen molar-refractivity contribution in [1.29, 1.82) is 0 Å². The summed E-state index contributed by atoms with van der Waals surface area (Å²) in [6.07, 6.45) is 2.87. The largest absolute Gasteiger partial charge is 0.381 e. The molecule has 1 N–H and O–H groups in total. The number of ether oxygens (including phenoxy) is 1. The van der Waals surface area contributed by atoms with Crippen molar-refractivity contribution in [2.75, 3.05) is 24.3 Å². The zero-order chi connectivity index (χ0) is 14.0. The Bertz CT molecular complexity index is 474. The molecule has 0 unspecified atom stereocenters. The fourth-order valence-corrected chi connectivity index (χ4v) is 5.58. The quantitative estimate of drug-likeness (QED) is 0.824. The van der Waals surface area contributed by atoms with E-state index in [4.69, 9.17) is 4.74 Å². The molecule has 2 aliphatic heterocycles. The predicted octanol–water partition coefficient (Wildman–Crippen LogP) is 3.21. The van der Waals surface area contributed by atoms with Gasteiger partial charge < -0.3 is 10.1 Å². The van der Waals surface area contributed by atoms with Crippen LogP contribution in [0.1, 0.15) is 33.0 Å². The molecule has 1 fully saturated rings. The third-order valence-corrected chi connectivity index (χ3v) is 7.25. The Morgan fingerprint density at radius 2 is 2.25 bits per heavy atom. The average Bonchev–Trinajstić information content (AvgIpc) is 2.92. The van der Waals surface area contributed by atoms with Crippen LogP contribution in [-0.2, 0) is 16.9 Å². The second-order valence-corrected chi connectivity index (χ2v) is 8.14. The van der Waals surface area contributed by atoms with Crippen molar-refractivity contribution in [3.8, 4) is 0 Å². The Kier molecular flexibility index (Phi) is 4.75. The van der Waals surface area contributed by atoms with Crippen molar-refractivity contribution in [3.63, 3.8) is 0 Å². The molecule has 3 rings (SSSR count). The summed E-state index contributed by atoms with van der Waals surface area (Å²) < 4.78 is 5.41. The Balaban J connectivity index is 1.73. The molecule has 0 bridgehead atoms. The summed E-state index contributed by atoms with van der Waals surface area (Å²) in [5.41, 5.74) is 1.21. The van der Waals surface area contributed by atoms with Gasteiger partial charge in [0.25, 0.3) is 5.91 Å². The van der Waals surface area contributed by atoms with E-state index in [0.717, 1.165) is 48.4 Å². The van der Waals surface area contributed by atoms with Gasteiger partial charge in [0, 0.05) is 29.2 Å². The number of nitrogens with one attached hydrogen (secondary N) is 1. The van der Waals surface area contributed by atoms with Gasteiger partial charge in [0.2, 0.25) is 0 Å². The molecule has 1 amide bonds. The van der Waals surface area contributed by atoms with Crippen molar-refractivity contribution in [2.45, 2.75) is 30.6 Å². The molecule has 6 heteroatoms. The number of fused-ring (bicyclic) bond motifs is 1. The maximum atomic E-state index is 12.5. The predicted molar refractivity (Wildman–Crippen MR) is 88.2 cm³/mol. The highest BCUT2D eigenvalue weighted by molar-refractivity contribution is 9.09. The zero-order valence-corrected chi connectivity index (χ0v) is 14.5. The molecule has 0 aromatic carbocycles. The van der Waals surface area contributed by atoms with Crippen LogP contribution in [0.4, 0.5) is 0 Å². The Morgan fingerprint density at radius 1 is 1.45 bits per heavy atom. The monoisotopic (exact) mass is 375 g/mol. The smallest absolute Gasteiger partial charge is 0.261 e. The van der Waals surface area contributed by atoms with Gasteiger partial charge in [-0.05, 0) is 36.6 Å². The maximum Gasteiger partial charge on any atom is 0.261 e. The van der Waals surface area contributed by atoms with E-state index in [0.29, 0.717) is 0 Å². The van der Waals surface area contributed by atoms with Gasteiger partial charge in [-0.3, -0.25) is 4.79 Å². The summed E-state index contributed by atoms with van der Waals surface area (Å²) in [6, 6.07) is 2.09. The molecule has 20 heavy (non-hydrogen) atoms. The number of rotatable bonds is 3. The number of carbonyl (C=O) groups is 1. The number of thioether (sulfide) groups is 1. The molecule has 110 valence electrons. The van der Waals surface area contributed by atoms with Crippen molar-refractivity contribution >= 4 is 44.9 Å². The second-order valence-electron chi connectivity index (χ2n) is 5.34. The lowest BCUT2D eigenvalue weighted by molar-refractivity contribution is 0.0443. The highest BCUT2D eigenvalue weighted by Crippen LogP contribution is 2.32. The summed E-state index contributed by atoms with van der Waals surface area (Å²) in [5, 5.41) is 4.03. The van der Waals surface area contributed by atoms with Crippen molar-refractivity contribution in [3.05, 3.63) is 21.4 Å². The Morgan fingerprint density at radius 3 is 2.95 bits per heavy atom. The van der Waals surface area contributed by atoms with Crippen LogP contribution in [0.3, 0.4) is 0 Å². The highest BCUT2D eigenvalue weighted by Gasteiger charge is 2.34. The van der Waals surface area contributed by atoms with Gasteiger partial charge in [-0.15, -0.1) is 11.3 Å². The summed E-state index contributed by atoms with van der Waals surface area (Å²) in [5.74, 6) is 2.31. The summed E-state index contributed by atoms with van der Waals surface area (Å²) in [7, 11) is 0. The van der Waals surface area contributed by atoms with E-state index < -0.39 is 0 Å². The number of carbonyl (C=O) groups excluding carboxylic acids is 1. The fraction of sp³-hybridized carbons (Fsp3) is 0.643. The van der Waals surface area contributed by atoms with Crippen molar-refractivity contribution in [2.24, 2.45) is 0 Å². The fourth-order valence-electron chi connectivity index (χ4n) is 2.62. The lowest BCUT2D eigenvalue weighted by atomic mass is 9.92. The summed E-state index contributed by atoms with van der Waals surface area (Å²) in [6.45, 7) is 1.45. The minimum Gasteiger partial charge on any atom is -0.381 e. The minimum absolute atomic E-state index is 0.0794. The third-order valence-electron chi connectivity index (χ3n) is 3.94. The number of halogens is 1. The van der Waals surface area contributed by atoms with Crippen molar-refractivity contribution < 1.29 is 9.53 Å². The first kappa shape index (κ1) is 14.9. The molecule has 0 radical (unpaired) electrons. The number of hydrogen-bond acceptors (Lipinski definition) is 4. The molecule has 1 aromatic rings. The second kappa shape index (κ2) is 6.38. The van der Waals surface area contributed by atoms with Gasteiger partial charge in [0.05, 0.1) is 10.4 Å². The number of aryl methyl sites for hydroxylation is 1. The van der Waals surface area contributed by atoms with E-state index in [-0.39, 0.29) is 11.4 Å². The van der Waals surface area contributed by atoms with Crippen LogP contribution in [0.5, 0.6) is 0 Å². The summed E-state index contributed by atoms with van der Waals surface area (Å²) >= 11 is 7.18. The molecule has 0 spiro atoms. The number of thiophene rings is 1. The van der Waals surface area contributed by atoms with Crippen LogP contribution in [-0.4, -0.2) is 35.7 Å². The van der Waals surface area contributed by atoms with E-state index in [2.05, 4.69) is 27.3 Å². The van der Waals surface area contributed by atoms with Gasteiger partial charge in [0.1, 0.15) is 0 Å². The van der Waals surface area contributed by atoms with Gasteiger partial charge in [-0.2, -0.15) is 11.8 Å². The van der Waals surface area contributed by atoms with E-state index in [1.807, 2.05) is 11.8 Å². The van der Waals surface area contributed by atoms with Crippen LogP contribution in [0.2, 0.25) is 0 Å². The molecule has 0 atom stereocenters. The molecule has 1 saturated heterocycles. The SMILES string of the molecule is O=C(NC1(CBr)CCOCC1)c1cc2c(s1)CCSC2. The molecule has 1 aromatic heterocycles. The topological polar surface area (TPSA) is 38.3 Å². The molecule has 2 aliphatic rings. The molecular formula is C14H18BrNO2S2. The van der Waals surface area contributed by atoms with E-state index >= 15 is 0 Å². The van der Waals surface area contributed by atoms with Crippen LogP contribution < -0.4 is 5.32 Å². The van der Waals surface area contributed by atoms with E-state index in [1.165, 1.54) is 16.2 Å². The Hall–Kier alpha value is -0.0400. The van der Waals surface area contributed by atoms with E-state index in [1.54, 1.807) is 11.3 Å². The van der Waals surface area contributed by atoms with E-state index in [9.17, 15) is 4.79 Å². The first-order valence-electron chi connectivity index (χ1n) is 6.88. The first-order valence-corrected chi connectivity index (χ1v) is 9.97. The van der Waals surface area contributed by atoms with Gasteiger partial charge >= 0.3 is 0 Å². The number of hydrogen-bond donors (Lipinski definition) is 1. The van der Waals surface area contributed by atoms with Gasteiger partial charge in [-0.25, -0.2) is 0 Å². The molecule has 3 heterocycles. The number of amides is 1. The third kappa shape index (κ3) is 3.08. The van der Waals surface area contributed by atoms with Crippen LogP contribution in [0.25, 0.3) is 0 Å². The maximum absolute atomic E-state index is 12.5. The lowest BCUT2D eigenvalue weighted by Gasteiger charge is -2.36. The summed E-state index contributed by atoms with van der Waals surface area (Å²) in [4.78, 5) is 14.8. The number of alkyl halides is 1. The molecule has 0 saturated carbocycles. The van der Waals surface area contributed by atoms with Crippen molar-refractivity contribution in [1.82, 2.24) is 5.32 Å². The van der Waals surface area contributed by atoms with Gasteiger partial charge in [0.15, 0.2) is 0 Å². The molecular weight excluding hydrogens is 358 g/mol. The highest BCUT2D eigenvalue weighted by atomic mass is 79.9. The first-order chi connectivity index (χ1) is 9.72. The normalized spacial score (nSPS) is 21.2. The standard InChI is InChI=1S/C14H18BrNO2S2/c15-9-14(2-4-18-5-3-14)16-13(17)12-7-10-8-19-6-1-11(10)20-12/h7H,1-6,8-9H2,(H,16,17). The molecule has 3 nitrogen and oxygen atoms in total. The van der Waals surface area contributed by atoms with Crippen LogP contribution >= 0.6 is 39.0 Å². The minimum atomic E-state index is -0.144. The van der Waals surface area contributed by atoms with Gasteiger partial charge in [-0.1, -0.05) is 15.9 Å². The van der Waals surface area contributed by atoms with Crippen LogP contribution in [0.15, 0.2) is 6.07 Å². The lowest BCUT2D eigenvalue weighted by Crippen LogP contribution is -2.53. The average molecular weight is 376 g/mol. The zero-order valence-electron chi connectivity index (χ0n) is 11.2. The Labute approximate surface area is 136 Å². The molecule has 0 aliphatic carbocycles.